The number of rotatable bonds is 2. The topological polar surface area (TPSA) is 12.0 Å². The normalized spacial score (nSPS) is 11.0. The van der Waals surface area contributed by atoms with Gasteiger partial charge in [0.25, 0.3) is 5.92 Å². The average molecular weight is 121 g/mol. The molecule has 8 heavy (non-hydrogen) atoms. The first kappa shape index (κ1) is 7.40. The molecule has 0 atom stereocenters. The van der Waals surface area contributed by atoms with E-state index >= 15 is 0 Å². The molecule has 1 nitrogen and oxygen atoms in total. The van der Waals surface area contributed by atoms with Crippen LogP contribution in [0.1, 0.15) is 6.92 Å². The first-order chi connectivity index (χ1) is 3.48. The van der Waals surface area contributed by atoms with Gasteiger partial charge in [0.15, 0.2) is 0 Å². The summed E-state index contributed by atoms with van der Waals surface area (Å²) in [7, 11) is 1.42. The van der Waals surface area contributed by atoms with Crippen molar-refractivity contribution >= 4 is 0 Å². The molecule has 0 amide bonds. The Kier molecular flexibility index (Phi) is 1.95. The minimum absolute atomic E-state index is 0.252. The first-order valence-corrected chi connectivity index (χ1v) is 2.23. The van der Waals surface area contributed by atoms with Crippen LogP contribution in [-0.2, 0) is 0 Å². The third kappa shape index (κ3) is 1.91. The zero-order chi connectivity index (χ0) is 6.78. The molecule has 1 N–H and O–H groups in total. The largest absolute Gasteiger partial charge is 0.387 e. The van der Waals surface area contributed by atoms with Gasteiger partial charge in [0.2, 0.25) is 0 Å². The number of alkyl halides is 2. The molecule has 3 heteroatoms. The summed E-state index contributed by atoms with van der Waals surface area (Å²) in [5.74, 6) is -2.80. The van der Waals surface area contributed by atoms with Crippen molar-refractivity contribution in [2.75, 3.05) is 7.05 Å². The molecule has 0 bridgehead atoms. The lowest BCUT2D eigenvalue weighted by Crippen LogP contribution is -2.22. The number of allylic oxidation sites excluding steroid dienone is 1. The van der Waals surface area contributed by atoms with E-state index in [1.54, 1.807) is 0 Å². The second-order valence-electron chi connectivity index (χ2n) is 1.62. The van der Waals surface area contributed by atoms with E-state index in [4.69, 9.17) is 0 Å². The lowest BCUT2D eigenvalue weighted by atomic mass is 10.3. The van der Waals surface area contributed by atoms with Gasteiger partial charge in [-0.25, -0.2) is 8.78 Å². The van der Waals surface area contributed by atoms with E-state index < -0.39 is 5.92 Å². The van der Waals surface area contributed by atoms with E-state index in [1.165, 1.54) is 7.05 Å². The van der Waals surface area contributed by atoms with Crippen molar-refractivity contribution in [3.8, 4) is 0 Å². The first-order valence-electron chi connectivity index (χ1n) is 2.23. The second kappa shape index (κ2) is 2.11. The Morgan fingerprint density at radius 3 is 2.00 bits per heavy atom. The van der Waals surface area contributed by atoms with E-state index in [-0.39, 0.29) is 5.70 Å². The monoisotopic (exact) mass is 121 g/mol. The molecule has 0 aromatic heterocycles. The predicted molar refractivity (Wildman–Crippen MR) is 28.8 cm³/mol. The summed E-state index contributed by atoms with van der Waals surface area (Å²) < 4.78 is 23.9. The molecule has 0 saturated carbocycles. The van der Waals surface area contributed by atoms with Gasteiger partial charge in [-0.15, -0.1) is 0 Å². The minimum atomic E-state index is -2.80. The van der Waals surface area contributed by atoms with Crippen LogP contribution in [0.4, 0.5) is 8.78 Å². The maximum atomic E-state index is 12.0. The van der Waals surface area contributed by atoms with Gasteiger partial charge in [-0.1, -0.05) is 6.58 Å². The maximum absolute atomic E-state index is 12.0. The highest BCUT2D eigenvalue weighted by atomic mass is 19.3. The van der Waals surface area contributed by atoms with Gasteiger partial charge in [0.1, 0.15) is 0 Å². The molecule has 0 unspecified atom stereocenters. The Morgan fingerprint density at radius 2 is 2.00 bits per heavy atom. The van der Waals surface area contributed by atoms with E-state index in [0.29, 0.717) is 0 Å². The van der Waals surface area contributed by atoms with Crippen molar-refractivity contribution < 1.29 is 8.78 Å². The van der Waals surface area contributed by atoms with E-state index in [2.05, 4.69) is 11.9 Å². The number of hydrogen-bond acceptors (Lipinski definition) is 1. The number of halogens is 2. The molecule has 48 valence electrons. The van der Waals surface area contributed by atoms with Gasteiger partial charge < -0.3 is 5.32 Å². The lowest BCUT2D eigenvalue weighted by Gasteiger charge is -2.11. The summed E-state index contributed by atoms with van der Waals surface area (Å²) in [4.78, 5) is 0. The smallest absolute Gasteiger partial charge is 0.283 e. The number of nitrogens with one attached hydrogen (secondary N) is 1. The third-order valence-electron chi connectivity index (χ3n) is 0.832. The van der Waals surface area contributed by atoms with Crippen LogP contribution in [0.15, 0.2) is 12.3 Å². The fourth-order valence-corrected chi connectivity index (χ4v) is 0.219. The summed E-state index contributed by atoms with van der Waals surface area (Å²) in [6.07, 6.45) is 0. The molecule has 0 radical (unpaired) electrons. The molecule has 0 heterocycles. The van der Waals surface area contributed by atoms with E-state index in [1.807, 2.05) is 0 Å². The standard InChI is InChI=1S/C5H9F2N/c1-4(8-3)5(2,6)7/h8H,1H2,2-3H3. The van der Waals surface area contributed by atoms with Crippen LogP contribution in [0.2, 0.25) is 0 Å². The van der Waals surface area contributed by atoms with Gasteiger partial charge >= 0.3 is 0 Å². The Labute approximate surface area is 47.4 Å². The summed E-state index contributed by atoms with van der Waals surface area (Å²) in [5, 5.41) is 2.26. The Morgan fingerprint density at radius 1 is 1.62 bits per heavy atom. The van der Waals surface area contributed by atoms with Crippen LogP contribution < -0.4 is 5.32 Å². The Bertz CT molecular complexity index is 93.1. The highest BCUT2D eigenvalue weighted by Gasteiger charge is 2.23. The molecule has 0 saturated heterocycles. The zero-order valence-electron chi connectivity index (χ0n) is 4.96. The van der Waals surface area contributed by atoms with E-state index in [9.17, 15) is 8.78 Å². The molecular weight excluding hydrogens is 112 g/mol. The van der Waals surface area contributed by atoms with Crippen molar-refractivity contribution in [1.29, 1.82) is 0 Å². The van der Waals surface area contributed by atoms with E-state index in [0.717, 1.165) is 6.92 Å². The average Bonchev–Trinajstić information content (AvgIpc) is 1.62. The summed E-state index contributed by atoms with van der Waals surface area (Å²) in [6, 6.07) is 0. The Balaban J connectivity index is 3.82. The van der Waals surface area contributed by atoms with Gasteiger partial charge in [0.05, 0.1) is 5.70 Å². The van der Waals surface area contributed by atoms with Crippen molar-refractivity contribution in [1.82, 2.24) is 5.32 Å². The van der Waals surface area contributed by atoms with Crippen LogP contribution in [0, 0.1) is 0 Å². The molecule has 0 aromatic rings. The van der Waals surface area contributed by atoms with Crippen molar-refractivity contribution in [3.05, 3.63) is 12.3 Å². The summed E-state index contributed by atoms with van der Waals surface area (Å²) in [5.41, 5.74) is -0.252. The summed E-state index contributed by atoms with van der Waals surface area (Å²) >= 11 is 0. The maximum Gasteiger partial charge on any atom is 0.283 e. The molecular formula is C5H9F2N. The predicted octanol–water partition coefficient (Wildman–Crippen LogP) is 1.37. The SMILES string of the molecule is C=C(NC)C(C)(F)F. The van der Waals surface area contributed by atoms with Gasteiger partial charge in [-0.2, -0.15) is 0 Å². The summed E-state index contributed by atoms with van der Waals surface area (Å²) in [6.45, 7) is 3.88. The lowest BCUT2D eigenvalue weighted by molar-refractivity contribution is 0.0575. The molecule has 0 aliphatic rings. The molecule has 0 aliphatic carbocycles. The van der Waals surface area contributed by atoms with Crippen molar-refractivity contribution in [2.24, 2.45) is 0 Å². The third-order valence-corrected chi connectivity index (χ3v) is 0.832. The molecule has 0 rings (SSSR count). The molecule has 0 fully saturated rings. The fourth-order valence-electron chi connectivity index (χ4n) is 0.219. The minimum Gasteiger partial charge on any atom is -0.387 e. The van der Waals surface area contributed by atoms with Gasteiger partial charge in [-0.05, 0) is 0 Å². The zero-order valence-corrected chi connectivity index (χ0v) is 4.96. The highest BCUT2D eigenvalue weighted by molar-refractivity contribution is 5.01. The number of hydrogen-bond donors (Lipinski definition) is 1. The van der Waals surface area contributed by atoms with Gasteiger partial charge in [-0.3, -0.25) is 0 Å². The van der Waals surface area contributed by atoms with Crippen LogP contribution in [0.5, 0.6) is 0 Å². The molecule has 0 aliphatic heterocycles. The van der Waals surface area contributed by atoms with Crippen molar-refractivity contribution in [3.63, 3.8) is 0 Å². The van der Waals surface area contributed by atoms with Crippen LogP contribution >= 0.6 is 0 Å². The fraction of sp³-hybridized carbons (Fsp3) is 0.600. The van der Waals surface area contributed by atoms with Crippen molar-refractivity contribution in [2.45, 2.75) is 12.8 Å². The molecule has 0 spiro atoms. The van der Waals surface area contributed by atoms with Crippen LogP contribution in [0.3, 0.4) is 0 Å². The molecule has 0 aromatic carbocycles. The highest BCUT2D eigenvalue weighted by Crippen LogP contribution is 2.17. The second-order valence-corrected chi connectivity index (χ2v) is 1.62. The van der Waals surface area contributed by atoms with Crippen LogP contribution in [-0.4, -0.2) is 13.0 Å². The van der Waals surface area contributed by atoms with Crippen LogP contribution in [0.25, 0.3) is 0 Å². The Hall–Kier alpha value is -0.600. The quantitative estimate of drug-likeness (QED) is 0.581. The van der Waals surface area contributed by atoms with Gasteiger partial charge in [0, 0.05) is 14.0 Å².